The van der Waals surface area contributed by atoms with Crippen molar-refractivity contribution in [1.82, 2.24) is 0 Å². The number of likely N-dealkylation sites (N-methyl/N-ethyl adjacent to an activating group) is 1. The van der Waals surface area contributed by atoms with E-state index in [0.717, 1.165) is 57.8 Å². The van der Waals surface area contributed by atoms with Crippen molar-refractivity contribution in [2.75, 3.05) is 47.5 Å². The third kappa shape index (κ3) is 40.2. The van der Waals surface area contributed by atoms with Gasteiger partial charge in [-0.05, 0) is 38.5 Å². The summed E-state index contributed by atoms with van der Waals surface area (Å²) in [5.41, 5.74) is 0. The first-order valence-corrected chi connectivity index (χ1v) is 23.4. The summed E-state index contributed by atoms with van der Waals surface area (Å²) in [6.45, 7) is 4.21. The minimum absolute atomic E-state index is 0.0294. The van der Waals surface area contributed by atoms with Crippen LogP contribution in [0.5, 0.6) is 0 Å². The molecule has 0 saturated carbocycles. The summed E-state index contributed by atoms with van der Waals surface area (Å²) in [6, 6.07) is 0. The molecule has 314 valence electrons. The smallest absolute Gasteiger partial charge is 0.306 e. The van der Waals surface area contributed by atoms with Crippen LogP contribution in [-0.4, -0.2) is 70.0 Å². The van der Waals surface area contributed by atoms with E-state index < -0.39 is 26.5 Å². The fourth-order valence-electron chi connectivity index (χ4n) is 6.06. The van der Waals surface area contributed by atoms with Crippen molar-refractivity contribution >= 4 is 19.8 Å². The molecule has 0 saturated heterocycles. The lowest BCUT2D eigenvalue weighted by Crippen LogP contribution is -2.37. The number of phosphoric ester groups is 1. The molecule has 0 radical (unpaired) electrons. The Balaban J connectivity index is 4.31. The first kappa shape index (κ1) is 51.8. The Kier molecular flexibility index (Phi) is 35.5. The van der Waals surface area contributed by atoms with Crippen LogP contribution in [0, 0.1) is 0 Å². The number of hydrogen-bond donors (Lipinski definition) is 0. The molecule has 0 rings (SSSR count). The van der Waals surface area contributed by atoms with E-state index in [1.807, 2.05) is 21.1 Å². The number of esters is 2. The molecule has 53 heavy (non-hydrogen) atoms. The van der Waals surface area contributed by atoms with E-state index in [4.69, 9.17) is 18.5 Å². The van der Waals surface area contributed by atoms with E-state index in [-0.39, 0.29) is 32.0 Å². The fourth-order valence-corrected chi connectivity index (χ4v) is 6.79. The highest BCUT2D eigenvalue weighted by Crippen LogP contribution is 2.38. The van der Waals surface area contributed by atoms with Gasteiger partial charge in [-0.15, -0.1) is 0 Å². The lowest BCUT2D eigenvalue weighted by atomic mass is 10.0. The van der Waals surface area contributed by atoms with Gasteiger partial charge in [0.05, 0.1) is 27.7 Å². The van der Waals surface area contributed by atoms with Crippen LogP contribution in [-0.2, 0) is 32.7 Å². The molecule has 0 fully saturated rings. The van der Waals surface area contributed by atoms with Gasteiger partial charge in [-0.1, -0.05) is 161 Å². The van der Waals surface area contributed by atoms with Gasteiger partial charge < -0.3 is 27.9 Å². The van der Waals surface area contributed by atoms with E-state index >= 15 is 0 Å². The van der Waals surface area contributed by atoms with Crippen LogP contribution in [0.15, 0.2) is 12.2 Å². The maximum atomic E-state index is 12.6. The maximum Gasteiger partial charge on any atom is 0.306 e. The van der Waals surface area contributed by atoms with Gasteiger partial charge in [-0.2, -0.15) is 0 Å². The number of phosphoric acid groups is 1. The summed E-state index contributed by atoms with van der Waals surface area (Å²) >= 11 is 0. The molecule has 0 aromatic heterocycles. The topological polar surface area (TPSA) is 111 Å². The summed E-state index contributed by atoms with van der Waals surface area (Å²) in [5.74, 6) is -0.836. The van der Waals surface area contributed by atoms with Crippen LogP contribution in [0.25, 0.3) is 0 Å². The van der Waals surface area contributed by atoms with Gasteiger partial charge in [0, 0.05) is 12.8 Å². The largest absolute Gasteiger partial charge is 0.756 e. The predicted octanol–water partition coefficient (Wildman–Crippen LogP) is 11.6. The Labute approximate surface area is 326 Å². The lowest BCUT2D eigenvalue weighted by molar-refractivity contribution is -0.870. The molecular weight excluding hydrogens is 689 g/mol. The summed E-state index contributed by atoms with van der Waals surface area (Å²) < 4.78 is 33.9. The van der Waals surface area contributed by atoms with Gasteiger partial charge in [0.2, 0.25) is 0 Å². The SMILES string of the molecule is CCCCC/C=C\CCCCCCCC(=O)O[C@H](COC(=O)CCCCCCCCCCCCCCCCCCC)COP(=O)([O-])OCC[N+](C)(C)C. The van der Waals surface area contributed by atoms with Crippen LogP contribution in [0.4, 0.5) is 0 Å². The molecule has 0 aromatic rings. The number of ether oxygens (including phenoxy) is 2. The molecule has 0 amide bonds. The Morgan fingerprint density at radius 1 is 0.566 bits per heavy atom. The number of unbranched alkanes of at least 4 members (excludes halogenated alkanes) is 24. The molecule has 0 heterocycles. The highest BCUT2D eigenvalue weighted by atomic mass is 31.2. The second kappa shape index (κ2) is 36.4. The van der Waals surface area contributed by atoms with Crippen LogP contribution < -0.4 is 4.89 Å². The van der Waals surface area contributed by atoms with Crippen LogP contribution >= 0.6 is 7.82 Å². The standard InChI is InChI=1S/C43H84NO8P/c1-6-8-10-12-14-16-18-20-21-22-23-24-26-27-29-31-33-35-42(45)49-39-41(40-51-53(47,48)50-38-37-44(3,4)5)52-43(46)36-34-32-30-28-25-19-17-15-13-11-9-7-2/h15,17,41H,6-14,16,18-40H2,1-5H3/b17-15-/t41-/m1/s1. The Hall–Kier alpha value is -1.25. The van der Waals surface area contributed by atoms with Gasteiger partial charge in [0.15, 0.2) is 6.10 Å². The lowest BCUT2D eigenvalue weighted by Gasteiger charge is -2.28. The van der Waals surface area contributed by atoms with Crippen LogP contribution in [0.1, 0.15) is 200 Å². The van der Waals surface area contributed by atoms with Gasteiger partial charge in [-0.3, -0.25) is 14.2 Å². The molecular formula is C43H84NO8P. The third-order valence-electron chi connectivity index (χ3n) is 9.54. The third-order valence-corrected chi connectivity index (χ3v) is 10.5. The first-order valence-electron chi connectivity index (χ1n) is 21.9. The van der Waals surface area contributed by atoms with Crippen LogP contribution in [0.3, 0.4) is 0 Å². The summed E-state index contributed by atoms with van der Waals surface area (Å²) in [6.07, 6.45) is 36.6. The average molecular weight is 774 g/mol. The molecule has 0 aliphatic heterocycles. The Morgan fingerprint density at radius 3 is 1.43 bits per heavy atom. The second-order valence-corrected chi connectivity index (χ2v) is 17.5. The molecule has 0 spiro atoms. The molecule has 9 nitrogen and oxygen atoms in total. The highest BCUT2D eigenvalue weighted by Gasteiger charge is 2.21. The Morgan fingerprint density at radius 2 is 0.962 bits per heavy atom. The fraction of sp³-hybridized carbons (Fsp3) is 0.907. The van der Waals surface area contributed by atoms with E-state index in [1.165, 1.54) is 109 Å². The van der Waals surface area contributed by atoms with Crippen molar-refractivity contribution in [2.45, 2.75) is 206 Å². The van der Waals surface area contributed by atoms with Crippen LogP contribution in [0.2, 0.25) is 0 Å². The van der Waals surface area contributed by atoms with Crippen molar-refractivity contribution in [3.63, 3.8) is 0 Å². The average Bonchev–Trinajstić information content (AvgIpc) is 3.10. The minimum atomic E-state index is -4.62. The van der Waals surface area contributed by atoms with Gasteiger partial charge in [0.1, 0.15) is 19.8 Å². The summed E-state index contributed by atoms with van der Waals surface area (Å²) in [7, 11) is 1.17. The van der Waals surface area contributed by atoms with E-state index in [0.29, 0.717) is 17.4 Å². The quantitative estimate of drug-likeness (QED) is 0.0199. The van der Waals surface area contributed by atoms with Crippen molar-refractivity contribution in [3.05, 3.63) is 12.2 Å². The van der Waals surface area contributed by atoms with Crippen molar-refractivity contribution in [1.29, 1.82) is 0 Å². The zero-order valence-electron chi connectivity index (χ0n) is 35.2. The number of allylic oxidation sites excluding steroid dienone is 2. The molecule has 0 bridgehead atoms. The Bertz CT molecular complexity index is 922. The molecule has 0 aliphatic rings. The number of quaternary nitrogens is 1. The monoisotopic (exact) mass is 774 g/mol. The summed E-state index contributed by atoms with van der Waals surface area (Å²) in [4.78, 5) is 37.5. The van der Waals surface area contributed by atoms with Crippen molar-refractivity contribution in [2.24, 2.45) is 0 Å². The number of rotatable bonds is 40. The van der Waals surface area contributed by atoms with Gasteiger partial charge in [0.25, 0.3) is 7.82 Å². The molecule has 10 heteroatoms. The number of hydrogen-bond acceptors (Lipinski definition) is 8. The predicted molar refractivity (Wildman–Crippen MR) is 218 cm³/mol. The van der Waals surface area contributed by atoms with E-state index in [1.54, 1.807) is 0 Å². The molecule has 0 N–H and O–H groups in total. The maximum absolute atomic E-state index is 12.6. The zero-order chi connectivity index (χ0) is 39.3. The molecule has 0 aromatic carbocycles. The minimum Gasteiger partial charge on any atom is -0.756 e. The van der Waals surface area contributed by atoms with E-state index in [2.05, 4.69) is 26.0 Å². The van der Waals surface area contributed by atoms with Crippen molar-refractivity contribution in [3.8, 4) is 0 Å². The van der Waals surface area contributed by atoms with Crippen molar-refractivity contribution < 1.29 is 42.1 Å². The van der Waals surface area contributed by atoms with E-state index in [9.17, 15) is 19.0 Å². The highest BCUT2D eigenvalue weighted by molar-refractivity contribution is 7.45. The number of carbonyl (C=O) groups is 2. The van der Waals surface area contributed by atoms with Gasteiger partial charge in [-0.25, -0.2) is 0 Å². The molecule has 0 aliphatic carbocycles. The number of carbonyl (C=O) groups excluding carboxylic acids is 2. The summed E-state index contributed by atoms with van der Waals surface area (Å²) in [5, 5.41) is 0. The number of nitrogens with zero attached hydrogens (tertiary/aromatic N) is 1. The molecule has 1 unspecified atom stereocenters. The molecule has 2 atom stereocenters. The zero-order valence-corrected chi connectivity index (χ0v) is 36.1. The second-order valence-electron chi connectivity index (χ2n) is 16.1. The van der Waals surface area contributed by atoms with Gasteiger partial charge >= 0.3 is 11.9 Å². The normalized spacial score (nSPS) is 13.7. The first-order chi connectivity index (χ1) is 25.5.